The van der Waals surface area contributed by atoms with Crippen LogP contribution in [0.25, 0.3) is 0 Å². The van der Waals surface area contributed by atoms with Gasteiger partial charge in [0.25, 0.3) is 5.91 Å². The van der Waals surface area contributed by atoms with Crippen LogP contribution < -0.4 is 14.8 Å². The molecule has 1 heterocycles. The van der Waals surface area contributed by atoms with Gasteiger partial charge in [0, 0.05) is 24.5 Å². The van der Waals surface area contributed by atoms with Gasteiger partial charge in [-0.3, -0.25) is 4.79 Å². The van der Waals surface area contributed by atoms with Crippen LogP contribution in [0.2, 0.25) is 5.02 Å². The Kier molecular flexibility index (Phi) is 19.6. The maximum atomic E-state index is 12.4. The zero-order chi connectivity index (χ0) is 29.0. The standard InChI is InChI=1S/C34H49ClN2O3S.BrH/c1-2-3-4-5-6-7-8-9-10-11-12-13-14-15-23-39-31-20-21-33(32(35)25-31)40-27-34(38)36-30-18-16-29(17-19-30)26-37-22-24-41-28-37;/h16-22,24-25H,2-15,23,26-28H2,1H3,(H,36,38);1H. The van der Waals surface area contributed by atoms with E-state index in [1.165, 1.54) is 89.0 Å². The van der Waals surface area contributed by atoms with Crippen molar-refractivity contribution in [3.8, 4) is 11.5 Å². The lowest BCUT2D eigenvalue weighted by atomic mass is 10.0. The fraction of sp³-hybridized carbons (Fsp3) is 0.559. The molecule has 0 saturated heterocycles. The summed E-state index contributed by atoms with van der Waals surface area (Å²) in [7, 11) is 0. The lowest BCUT2D eigenvalue weighted by Gasteiger charge is -2.15. The predicted molar refractivity (Wildman–Crippen MR) is 185 cm³/mol. The molecule has 0 atom stereocenters. The molecule has 8 heteroatoms. The summed E-state index contributed by atoms with van der Waals surface area (Å²) in [5.41, 5.74) is 1.94. The molecule has 0 radical (unpaired) electrons. The molecule has 1 N–H and O–H groups in total. The van der Waals surface area contributed by atoms with Crippen molar-refractivity contribution in [1.29, 1.82) is 0 Å². The molecule has 1 amide bonds. The Labute approximate surface area is 273 Å². The molecular formula is C34H50BrClN2O3S. The Morgan fingerprint density at radius 3 is 2.05 bits per heavy atom. The van der Waals surface area contributed by atoms with Gasteiger partial charge in [0.15, 0.2) is 6.61 Å². The number of ether oxygens (including phenoxy) is 2. The van der Waals surface area contributed by atoms with Gasteiger partial charge in [-0.15, -0.1) is 28.7 Å². The van der Waals surface area contributed by atoms with Gasteiger partial charge >= 0.3 is 0 Å². The number of nitrogens with zero attached hydrogens (tertiary/aromatic N) is 1. The van der Waals surface area contributed by atoms with E-state index in [1.807, 2.05) is 30.3 Å². The lowest BCUT2D eigenvalue weighted by molar-refractivity contribution is -0.118. The van der Waals surface area contributed by atoms with Crippen LogP contribution in [0.15, 0.2) is 54.1 Å². The highest BCUT2D eigenvalue weighted by Gasteiger charge is 2.09. The van der Waals surface area contributed by atoms with Crippen molar-refractivity contribution in [2.24, 2.45) is 0 Å². The average Bonchev–Trinajstić information content (AvgIpc) is 3.49. The number of carbonyl (C=O) groups excluding carboxylic acids is 1. The van der Waals surface area contributed by atoms with Crippen molar-refractivity contribution < 1.29 is 14.3 Å². The fourth-order valence-electron chi connectivity index (χ4n) is 4.85. The van der Waals surface area contributed by atoms with Gasteiger partial charge < -0.3 is 19.7 Å². The number of rotatable bonds is 22. The number of unbranched alkanes of at least 4 members (excludes halogenated alkanes) is 13. The fourth-order valence-corrected chi connectivity index (χ4v) is 5.79. The smallest absolute Gasteiger partial charge is 0.262 e. The van der Waals surface area contributed by atoms with Gasteiger partial charge in [-0.25, -0.2) is 0 Å². The topological polar surface area (TPSA) is 50.8 Å². The highest BCUT2D eigenvalue weighted by atomic mass is 79.9. The van der Waals surface area contributed by atoms with Crippen molar-refractivity contribution >= 4 is 51.9 Å². The van der Waals surface area contributed by atoms with E-state index in [0.29, 0.717) is 17.4 Å². The summed E-state index contributed by atoms with van der Waals surface area (Å²) in [6, 6.07) is 13.2. The van der Waals surface area contributed by atoms with Crippen LogP contribution in [-0.4, -0.2) is 29.9 Å². The highest BCUT2D eigenvalue weighted by molar-refractivity contribution is 8.93. The van der Waals surface area contributed by atoms with Gasteiger partial charge in [0.05, 0.1) is 17.5 Å². The minimum Gasteiger partial charge on any atom is -0.494 e. The first-order valence-electron chi connectivity index (χ1n) is 15.6. The molecule has 0 fully saturated rings. The molecule has 1 aliphatic rings. The first-order valence-corrected chi connectivity index (χ1v) is 17.0. The summed E-state index contributed by atoms with van der Waals surface area (Å²) < 4.78 is 11.5. The molecule has 0 bridgehead atoms. The molecular weight excluding hydrogens is 632 g/mol. The second-order valence-electron chi connectivity index (χ2n) is 10.9. The lowest BCUT2D eigenvalue weighted by Crippen LogP contribution is -2.20. The summed E-state index contributed by atoms with van der Waals surface area (Å²) in [4.78, 5) is 14.6. The van der Waals surface area contributed by atoms with Crippen molar-refractivity contribution in [2.75, 3.05) is 24.4 Å². The molecule has 42 heavy (non-hydrogen) atoms. The van der Waals surface area contributed by atoms with Crippen molar-refractivity contribution in [2.45, 2.75) is 103 Å². The van der Waals surface area contributed by atoms with Crippen LogP contribution in [0, 0.1) is 0 Å². The molecule has 0 unspecified atom stereocenters. The number of nitrogens with one attached hydrogen (secondary N) is 1. The Bertz CT molecular complexity index is 1040. The Balaban J connectivity index is 0.00000616. The molecule has 5 nitrogen and oxygen atoms in total. The summed E-state index contributed by atoms with van der Waals surface area (Å²) in [6.45, 7) is 3.71. The van der Waals surface area contributed by atoms with Gasteiger partial charge in [0.2, 0.25) is 0 Å². The normalized spacial score (nSPS) is 12.3. The van der Waals surface area contributed by atoms with Gasteiger partial charge in [-0.1, -0.05) is 114 Å². The maximum Gasteiger partial charge on any atom is 0.262 e. The molecule has 0 spiro atoms. The minimum absolute atomic E-state index is 0. The molecule has 3 rings (SSSR count). The van der Waals surface area contributed by atoms with Gasteiger partial charge in [-0.2, -0.15) is 0 Å². The van der Waals surface area contributed by atoms with E-state index < -0.39 is 0 Å². The Morgan fingerprint density at radius 2 is 1.48 bits per heavy atom. The SMILES string of the molecule is Br.CCCCCCCCCCCCCCCCOc1ccc(OCC(=O)Nc2ccc(CN3C=CSC3)cc2)c(Cl)c1. The second kappa shape index (κ2) is 22.7. The molecule has 1 aliphatic heterocycles. The van der Waals surface area contributed by atoms with E-state index in [-0.39, 0.29) is 29.5 Å². The number of hydrogen-bond donors (Lipinski definition) is 1. The summed E-state index contributed by atoms with van der Waals surface area (Å²) in [5.74, 6) is 1.94. The number of halogens is 2. The number of amides is 1. The summed E-state index contributed by atoms with van der Waals surface area (Å²) in [6.07, 6.45) is 20.9. The van der Waals surface area contributed by atoms with Crippen LogP contribution in [0.4, 0.5) is 5.69 Å². The third kappa shape index (κ3) is 15.6. The number of benzene rings is 2. The number of thioether (sulfide) groups is 1. The molecule has 234 valence electrons. The average molecular weight is 682 g/mol. The van der Waals surface area contributed by atoms with Crippen molar-refractivity contribution in [3.05, 3.63) is 64.7 Å². The van der Waals surface area contributed by atoms with Gasteiger partial charge in [-0.05, 0) is 41.7 Å². The van der Waals surface area contributed by atoms with E-state index in [9.17, 15) is 4.79 Å². The van der Waals surface area contributed by atoms with E-state index in [1.54, 1.807) is 23.9 Å². The molecule has 2 aromatic carbocycles. The van der Waals surface area contributed by atoms with Crippen LogP contribution in [0.1, 0.15) is 102 Å². The van der Waals surface area contributed by atoms with Crippen molar-refractivity contribution in [3.63, 3.8) is 0 Å². The first kappa shape index (κ1) is 36.4. The Morgan fingerprint density at radius 1 is 0.857 bits per heavy atom. The maximum absolute atomic E-state index is 12.4. The number of carbonyl (C=O) groups is 1. The third-order valence-corrected chi connectivity index (χ3v) is 8.35. The summed E-state index contributed by atoms with van der Waals surface area (Å²) >= 11 is 8.17. The molecule has 0 aliphatic carbocycles. The monoisotopic (exact) mass is 680 g/mol. The predicted octanol–water partition coefficient (Wildman–Crippen LogP) is 10.8. The Hall–Kier alpha value is -1.83. The van der Waals surface area contributed by atoms with E-state index in [0.717, 1.165) is 30.3 Å². The first-order chi connectivity index (χ1) is 20.1. The second-order valence-corrected chi connectivity index (χ2v) is 12.2. The molecule has 0 aromatic heterocycles. The minimum atomic E-state index is -0.231. The number of hydrogen-bond acceptors (Lipinski definition) is 5. The van der Waals surface area contributed by atoms with E-state index in [2.05, 4.69) is 28.7 Å². The number of anilines is 1. The largest absolute Gasteiger partial charge is 0.494 e. The zero-order valence-corrected chi connectivity index (χ0v) is 28.6. The van der Waals surface area contributed by atoms with E-state index in [4.69, 9.17) is 21.1 Å². The molecule has 2 aromatic rings. The van der Waals surface area contributed by atoms with Gasteiger partial charge in [0.1, 0.15) is 11.5 Å². The molecule has 0 saturated carbocycles. The quantitative estimate of drug-likeness (QED) is 0.125. The summed E-state index contributed by atoms with van der Waals surface area (Å²) in [5, 5.41) is 5.41. The highest BCUT2D eigenvalue weighted by Crippen LogP contribution is 2.29. The van der Waals surface area contributed by atoms with E-state index >= 15 is 0 Å². The van der Waals surface area contributed by atoms with Crippen molar-refractivity contribution in [1.82, 2.24) is 4.90 Å². The zero-order valence-electron chi connectivity index (χ0n) is 25.3. The van der Waals surface area contributed by atoms with Crippen LogP contribution in [-0.2, 0) is 11.3 Å². The van der Waals surface area contributed by atoms with Crippen LogP contribution in [0.3, 0.4) is 0 Å². The van der Waals surface area contributed by atoms with Crippen LogP contribution >= 0.6 is 40.3 Å². The third-order valence-electron chi connectivity index (χ3n) is 7.26. The van der Waals surface area contributed by atoms with Crippen LogP contribution in [0.5, 0.6) is 11.5 Å².